The van der Waals surface area contributed by atoms with Crippen molar-refractivity contribution in [2.75, 3.05) is 13.7 Å². The number of tetrazole rings is 1. The molecule has 0 saturated carbocycles. The van der Waals surface area contributed by atoms with Crippen LogP contribution >= 0.6 is 0 Å². The van der Waals surface area contributed by atoms with E-state index in [1.165, 1.54) is 17.9 Å². The van der Waals surface area contributed by atoms with E-state index in [0.29, 0.717) is 5.56 Å². The molecule has 3 rings (SSSR count). The molecule has 1 heterocycles. The number of phenols is 1. The summed E-state index contributed by atoms with van der Waals surface area (Å²) in [4.78, 5) is 23.8. The van der Waals surface area contributed by atoms with Crippen molar-refractivity contribution < 1.29 is 29.3 Å². The Labute approximate surface area is 196 Å². The SMILES string of the molecule is CCOC(=O)Cn1nnnc1C(NC(CC(=O)O)c1cccc(C)c1)c1ccc(OC)c(O)c1. The van der Waals surface area contributed by atoms with Gasteiger partial charge in [-0.15, -0.1) is 5.10 Å². The smallest absolute Gasteiger partial charge is 0.327 e. The number of rotatable bonds is 11. The fourth-order valence-corrected chi connectivity index (χ4v) is 3.60. The van der Waals surface area contributed by atoms with E-state index in [1.807, 2.05) is 31.2 Å². The van der Waals surface area contributed by atoms with E-state index in [4.69, 9.17) is 9.47 Å². The lowest BCUT2D eigenvalue weighted by molar-refractivity contribution is -0.144. The second-order valence-corrected chi connectivity index (χ2v) is 7.60. The van der Waals surface area contributed by atoms with Crippen LogP contribution in [0.3, 0.4) is 0 Å². The molecule has 0 aliphatic rings. The van der Waals surface area contributed by atoms with Crippen molar-refractivity contribution >= 4 is 11.9 Å². The van der Waals surface area contributed by atoms with Crippen LogP contribution in [-0.4, -0.2) is 56.1 Å². The predicted molar refractivity (Wildman–Crippen MR) is 120 cm³/mol. The third-order valence-corrected chi connectivity index (χ3v) is 5.13. The van der Waals surface area contributed by atoms with Gasteiger partial charge in [-0.25, -0.2) is 4.68 Å². The molecule has 1 aromatic heterocycles. The van der Waals surface area contributed by atoms with E-state index in [1.54, 1.807) is 19.1 Å². The number of nitrogens with one attached hydrogen (secondary N) is 1. The molecule has 0 amide bonds. The number of aliphatic carboxylic acids is 1. The molecule has 0 saturated heterocycles. The Morgan fingerprint density at radius 3 is 2.62 bits per heavy atom. The molecule has 0 radical (unpaired) electrons. The summed E-state index contributed by atoms with van der Waals surface area (Å²) in [7, 11) is 1.44. The van der Waals surface area contributed by atoms with Gasteiger partial charge in [0, 0.05) is 6.04 Å². The number of aromatic nitrogens is 4. The van der Waals surface area contributed by atoms with Crippen molar-refractivity contribution in [1.82, 2.24) is 25.5 Å². The van der Waals surface area contributed by atoms with E-state index in [2.05, 4.69) is 20.8 Å². The highest BCUT2D eigenvalue weighted by Gasteiger charge is 2.28. The Morgan fingerprint density at radius 1 is 1.18 bits per heavy atom. The Kier molecular flexibility index (Phi) is 8.14. The summed E-state index contributed by atoms with van der Waals surface area (Å²) in [5, 5.41) is 35.0. The van der Waals surface area contributed by atoms with E-state index in [-0.39, 0.29) is 36.9 Å². The topological polar surface area (TPSA) is 149 Å². The summed E-state index contributed by atoms with van der Waals surface area (Å²) in [5.74, 6) is -1.11. The summed E-state index contributed by atoms with van der Waals surface area (Å²) in [6.07, 6.45) is -0.221. The van der Waals surface area contributed by atoms with Crippen LogP contribution in [0.15, 0.2) is 42.5 Å². The Hall–Kier alpha value is -3.99. The number of benzene rings is 2. The zero-order valence-electron chi connectivity index (χ0n) is 19.1. The van der Waals surface area contributed by atoms with Crippen molar-refractivity contribution in [3.63, 3.8) is 0 Å². The monoisotopic (exact) mass is 469 g/mol. The number of carbonyl (C=O) groups excluding carboxylic acids is 1. The van der Waals surface area contributed by atoms with Gasteiger partial charge in [0.2, 0.25) is 0 Å². The Balaban J connectivity index is 2.06. The molecule has 11 heteroatoms. The Morgan fingerprint density at radius 2 is 1.97 bits per heavy atom. The molecular weight excluding hydrogens is 442 g/mol. The van der Waals surface area contributed by atoms with Crippen LogP contribution in [0, 0.1) is 6.92 Å². The van der Waals surface area contributed by atoms with Crippen LogP contribution in [0.1, 0.15) is 47.9 Å². The minimum absolute atomic E-state index is 0.110. The van der Waals surface area contributed by atoms with E-state index in [9.17, 15) is 19.8 Å². The minimum atomic E-state index is -0.999. The molecule has 0 bridgehead atoms. The molecule has 0 aliphatic carbocycles. The highest BCUT2D eigenvalue weighted by atomic mass is 16.5. The number of ether oxygens (including phenoxy) is 2. The van der Waals surface area contributed by atoms with Gasteiger partial charge >= 0.3 is 11.9 Å². The van der Waals surface area contributed by atoms with Crippen molar-refractivity contribution in [1.29, 1.82) is 0 Å². The lowest BCUT2D eigenvalue weighted by Gasteiger charge is -2.25. The van der Waals surface area contributed by atoms with Gasteiger partial charge in [0.05, 0.1) is 26.2 Å². The first-order chi connectivity index (χ1) is 16.3. The summed E-state index contributed by atoms with van der Waals surface area (Å²) < 4.78 is 11.4. The number of carbonyl (C=O) groups is 2. The maximum absolute atomic E-state index is 12.1. The second-order valence-electron chi connectivity index (χ2n) is 7.60. The maximum Gasteiger partial charge on any atom is 0.327 e. The van der Waals surface area contributed by atoms with Gasteiger partial charge < -0.3 is 19.7 Å². The quantitative estimate of drug-likeness (QED) is 0.357. The number of carboxylic acids is 1. The fraction of sp³-hybridized carbons (Fsp3) is 0.348. The number of aryl methyl sites for hydroxylation is 1. The van der Waals surface area contributed by atoms with Gasteiger partial charge in [-0.1, -0.05) is 35.9 Å². The number of phenolic OH excluding ortho intramolecular Hbond substituents is 1. The molecular formula is C23H27N5O6. The van der Waals surface area contributed by atoms with Gasteiger partial charge in [-0.3, -0.25) is 14.9 Å². The molecule has 3 N–H and O–H groups in total. The van der Waals surface area contributed by atoms with Crippen molar-refractivity contribution in [2.24, 2.45) is 0 Å². The summed E-state index contributed by atoms with van der Waals surface area (Å²) >= 11 is 0. The lowest BCUT2D eigenvalue weighted by atomic mass is 9.98. The number of hydrogen-bond donors (Lipinski definition) is 3. The minimum Gasteiger partial charge on any atom is -0.504 e. The van der Waals surface area contributed by atoms with Crippen molar-refractivity contribution in [2.45, 2.75) is 38.9 Å². The first-order valence-electron chi connectivity index (χ1n) is 10.6. The fourth-order valence-electron chi connectivity index (χ4n) is 3.60. The molecule has 34 heavy (non-hydrogen) atoms. The van der Waals surface area contributed by atoms with E-state index >= 15 is 0 Å². The second kappa shape index (κ2) is 11.2. The third-order valence-electron chi connectivity index (χ3n) is 5.13. The normalized spacial score (nSPS) is 12.7. The lowest BCUT2D eigenvalue weighted by Crippen LogP contribution is -2.32. The van der Waals surface area contributed by atoms with Crippen LogP contribution in [0.4, 0.5) is 0 Å². The molecule has 2 atom stereocenters. The molecule has 0 spiro atoms. The van der Waals surface area contributed by atoms with E-state index < -0.39 is 24.0 Å². The molecule has 2 aromatic carbocycles. The van der Waals surface area contributed by atoms with Crippen LogP contribution in [-0.2, 0) is 20.9 Å². The molecule has 3 aromatic rings. The number of carboxylic acid groups (broad SMARTS) is 1. The van der Waals surface area contributed by atoms with Gasteiger partial charge in [-0.05, 0) is 47.5 Å². The molecule has 180 valence electrons. The van der Waals surface area contributed by atoms with Crippen molar-refractivity contribution in [3.05, 3.63) is 65.0 Å². The van der Waals surface area contributed by atoms with Crippen LogP contribution in [0.2, 0.25) is 0 Å². The average Bonchev–Trinajstić information content (AvgIpc) is 3.24. The molecule has 0 fully saturated rings. The number of hydrogen-bond acceptors (Lipinski definition) is 9. The average molecular weight is 469 g/mol. The summed E-state index contributed by atoms with van der Waals surface area (Å²) in [6.45, 7) is 3.59. The zero-order chi connectivity index (χ0) is 24.7. The molecule has 11 nitrogen and oxygen atoms in total. The largest absolute Gasteiger partial charge is 0.504 e. The highest BCUT2D eigenvalue weighted by molar-refractivity contribution is 5.69. The first kappa shape index (κ1) is 24.6. The van der Waals surface area contributed by atoms with Gasteiger partial charge in [0.25, 0.3) is 0 Å². The van der Waals surface area contributed by atoms with Crippen LogP contribution in [0.25, 0.3) is 0 Å². The highest BCUT2D eigenvalue weighted by Crippen LogP contribution is 2.33. The predicted octanol–water partition coefficient (Wildman–Crippen LogP) is 2.15. The van der Waals surface area contributed by atoms with Gasteiger partial charge in [0.15, 0.2) is 17.3 Å². The molecule has 0 aliphatic heterocycles. The summed E-state index contributed by atoms with van der Waals surface area (Å²) in [5.41, 5.74) is 2.27. The number of aromatic hydroxyl groups is 1. The first-order valence-corrected chi connectivity index (χ1v) is 10.6. The number of esters is 1. The zero-order valence-corrected chi connectivity index (χ0v) is 19.1. The van der Waals surface area contributed by atoms with Crippen molar-refractivity contribution in [3.8, 4) is 11.5 Å². The van der Waals surface area contributed by atoms with Gasteiger partial charge in [-0.2, -0.15) is 0 Å². The number of nitrogens with zero attached hydrogens (tertiary/aromatic N) is 4. The van der Waals surface area contributed by atoms with Crippen LogP contribution in [0.5, 0.6) is 11.5 Å². The van der Waals surface area contributed by atoms with Gasteiger partial charge in [0.1, 0.15) is 6.54 Å². The van der Waals surface area contributed by atoms with E-state index in [0.717, 1.165) is 11.1 Å². The molecule has 2 unspecified atom stereocenters. The Bertz CT molecular complexity index is 1150. The summed E-state index contributed by atoms with van der Waals surface area (Å²) in [6, 6.07) is 10.9. The standard InChI is InChI=1S/C23H27N5O6/c1-4-34-21(32)13-28-23(25-26-27-28)22(16-8-9-19(33-3)18(29)11-16)24-17(12-20(30)31)15-7-5-6-14(2)10-15/h5-11,17,22,24,29H,4,12-13H2,1-3H3,(H,30,31). The number of methoxy groups -OCH3 is 1. The third kappa shape index (κ3) is 6.07. The maximum atomic E-state index is 12.1. The van der Waals surface area contributed by atoms with Crippen LogP contribution < -0.4 is 10.1 Å².